The van der Waals surface area contributed by atoms with Crippen LogP contribution in [0.5, 0.6) is 0 Å². The van der Waals surface area contributed by atoms with Crippen molar-refractivity contribution in [1.82, 2.24) is 9.78 Å². The number of hydrogen-bond donors (Lipinski definition) is 1. The van der Waals surface area contributed by atoms with Gasteiger partial charge in [0.2, 0.25) is 0 Å². The number of hydrogen-bond acceptors (Lipinski definition) is 2. The minimum absolute atomic E-state index is 0.730. The van der Waals surface area contributed by atoms with E-state index in [9.17, 15) is 5.11 Å². The molecule has 2 rings (SSSR count). The van der Waals surface area contributed by atoms with Crippen molar-refractivity contribution in [2.75, 3.05) is 0 Å². The summed E-state index contributed by atoms with van der Waals surface area (Å²) in [6.45, 7) is 3.93. The summed E-state index contributed by atoms with van der Waals surface area (Å²) >= 11 is 3.49. The summed E-state index contributed by atoms with van der Waals surface area (Å²) in [5, 5.41) is 16.1. The number of nitrogens with zero attached hydrogens (tertiary/aromatic N) is 2. The molecule has 1 unspecified atom stereocenters. The Labute approximate surface area is 110 Å². The molecule has 0 bridgehead atoms. The van der Waals surface area contributed by atoms with E-state index in [1.807, 2.05) is 32.2 Å². The fourth-order valence-electron chi connectivity index (χ4n) is 2.43. The monoisotopic (exact) mass is 296 g/mol. The summed E-state index contributed by atoms with van der Waals surface area (Å²) in [4.78, 5) is 0. The van der Waals surface area contributed by atoms with Gasteiger partial charge in [0, 0.05) is 16.9 Å². The number of fused-ring (bicyclic) bond motifs is 1. The molecule has 0 aliphatic carbocycles. The van der Waals surface area contributed by atoms with Gasteiger partial charge in [0.1, 0.15) is 11.1 Å². The molecule has 0 spiro atoms. The number of aromatic nitrogens is 2. The van der Waals surface area contributed by atoms with Crippen LogP contribution in [0.4, 0.5) is 0 Å². The third kappa shape index (κ3) is 2.11. The smallest absolute Gasteiger partial charge is 0.107 e. The van der Waals surface area contributed by atoms with Gasteiger partial charge in [-0.3, -0.25) is 4.68 Å². The van der Waals surface area contributed by atoms with Gasteiger partial charge in [-0.25, -0.2) is 0 Å². The first-order valence-electron chi connectivity index (χ1n) is 5.81. The van der Waals surface area contributed by atoms with Gasteiger partial charge >= 0.3 is 0 Å². The zero-order valence-corrected chi connectivity index (χ0v) is 12.0. The van der Waals surface area contributed by atoms with E-state index in [0.717, 1.165) is 33.9 Å². The van der Waals surface area contributed by atoms with Crippen molar-refractivity contribution in [3.8, 4) is 0 Å². The minimum atomic E-state index is -0.834. The van der Waals surface area contributed by atoms with Crippen LogP contribution in [0, 0.1) is 0 Å². The fraction of sp³-hybridized carbons (Fsp3) is 0.462. The first-order chi connectivity index (χ1) is 7.97. The summed E-state index contributed by atoms with van der Waals surface area (Å²) in [6, 6.07) is 5.94. The lowest BCUT2D eigenvalue weighted by Crippen LogP contribution is -2.24. The van der Waals surface area contributed by atoms with Crippen molar-refractivity contribution in [2.24, 2.45) is 7.05 Å². The number of aryl methyl sites for hydroxylation is 1. The first-order valence-corrected chi connectivity index (χ1v) is 6.60. The largest absolute Gasteiger partial charge is 0.384 e. The van der Waals surface area contributed by atoms with Crippen molar-refractivity contribution in [3.63, 3.8) is 0 Å². The van der Waals surface area contributed by atoms with Crippen LogP contribution in [0.1, 0.15) is 32.4 Å². The summed E-state index contributed by atoms with van der Waals surface area (Å²) in [5.74, 6) is 0. The summed E-state index contributed by atoms with van der Waals surface area (Å²) in [6.07, 6.45) is 1.67. The second-order valence-electron chi connectivity index (χ2n) is 4.63. The van der Waals surface area contributed by atoms with E-state index < -0.39 is 5.60 Å². The van der Waals surface area contributed by atoms with E-state index in [0.29, 0.717) is 0 Å². The lowest BCUT2D eigenvalue weighted by molar-refractivity contribution is 0.0401. The van der Waals surface area contributed by atoms with E-state index in [1.54, 1.807) is 4.68 Å². The highest BCUT2D eigenvalue weighted by Crippen LogP contribution is 2.34. The maximum absolute atomic E-state index is 10.6. The van der Waals surface area contributed by atoms with Crippen molar-refractivity contribution in [2.45, 2.75) is 32.3 Å². The Morgan fingerprint density at radius 2 is 2.18 bits per heavy atom. The average Bonchev–Trinajstić information content (AvgIpc) is 2.56. The molecule has 0 radical (unpaired) electrons. The average molecular weight is 297 g/mol. The van der Waals surface area contributed by atoms with Gasteiger partial charge in [0.15, 0.2) is 0 Å². The number of halogens is 1. The van der Waals surface area contributed by atoms with Crippen LogP contribution in [0.25, 0.3) is 10.9 Å². The Morgan fingerprint density at radius 3 is 2.82 bits per heavy atom. The molecule has 3 nitrogen and oxygen atoms in total. The minimum Gasteiger partial charge on any atom is -0.384 e. The molecule has 0 aliphatic heterocycles. The normalized spacial score (nSPS) is 15.1. The highest BCUT2D eigenvalue weighted by atomic mass is 79.9. The van der Waals surface area contributed by atoms with Gasteiger partial charge in [0.25, 0.3) is 0 Å². The molecule has 17 heavy (non-hydrogen) atoms. The molecule has 0 amide bonds. The van der Waals surface area contributed by atoms with Crippen LogP contribution in [0.2, 0.25) is 0 Å². The van der Waals surface area contributed by atoms with Gasteiger partial charge < -0.3 is 5.11 Å². The topological polar surface area (TPSA) is 38.1 Å². The van der Waals surface area contributed by atoms with E-state index >= 15 is 0 Å². The summed E-state index contributed by atoms with van der Waals surface area (Å²) < 4.78 is 2.74. The molecule has 0 saturated carbocycles. The highest BCUT2D eigenvalue weighted by Gasteiger charge is 2.28. The molecule has 1 aromatic carbocycles. The lowest BCUT2D eigenvalue weighted by atomic mass is 9.94. The number of rotatable bonds is 3. The van der Waals surface area contributed by atoms with Crippen LogP contribution in [-0.2, 0) is 12.6 Å². The number of benzene rings is 1. The Balaban J connectivity index is 2.69. The second kappa shape index (κ2) is 4.42. The first kappa shape index (κ1) is 12.6. The van der Waals surface area contributed by atoms with Crippen LogP contribution in [0.15, 0.2) is 22.7 Å². The molecule has 1 N–H and O–H groups in total. The third-order valence-corrected chi connectivity index (χ3v) is 3.70. The van der Waals surface area contributed by atoms with Crippen molar-refractivity contribution < 1.29 is 5.11 Å². The summed E-state index contributed by atoms with van der Waals surface area (Å²) in [7, 11) is 1.88. The van der Waals surface area contributed by atoms with E-state index in [2.05, 4.69) is 28.0 Å². The molecular formula is C13H17BrN2O. The molecule has 0 aliphatic rings. The van der Waals surface area contributed by atoms with Crippen molar-refractivity contribution in [3.05, 3.63) is 28.4 Å². The molecule has 0 saturated heterocycles. The van der Waals surface area contributed by atoms with Crippen LogP contribution in [0.3, 0.4) is 0 Å². The van der Waals surface area contributed by atoms with Crippen LogP contribution >= 0.6 is 15.9 Å². The van der Waals surface area contributed by atoms with Gasteiger partial charge in [-0.05, 0) is 35.3 Å². The second-order valence-corrected chi connectivity index (χ2v) is 5.49. The molecule has 92 valence electrons. The van der Waals surface area contributed by atoms with E-state index in [4.69, 9.17) is 0 Å². The van der Waals surface area contributed by atoms with Gasteiger partial charge in [-0.15, -0.1) is 0 Å². The third-order valence-electron chi connectivity index (χ3n) is 3.06. The maximum atomic E-state index is 10.6. The molecular weight excluding hydrogens is 280 g/mol. The molecule has 1 aromatic heterocycles. The van der Waals surface area contributed by atoms with Gasteiger partial charge in [0.05, 0.1) is 5.69 Å². The number of aliphatic hydroxyl groups is 1. The molecule has 1 atom stereocenters. The Bertz CT molecular complexity index is 546. The highest BCUT2D eigenvalue weighted by molar-refractivity contribution is 9.10. The van der Waals surface area contributed by atoms with Gasteiger partial charge in [-0.2, -0.15) is 5.10 Å². The van der Waals surface area contributed by atoms with E-state index in [-0.39, 0.29) is 0 Å². The fourth-order valence-corrected chi connectivity index (χ4v) is 2.87. The molecule has 2 aromatic rings. The standard InChI is InChI=1S/C13H17BrN2O/c1-4-8-13(2,17)12-9-6-5-7-10(14)11(9)15-16(12)3/h5-7,17H,4,8H2,1-3H3. The zero-order chi connectivity index (χ0) is 12.6. The Morgan fingerprint density at radius 1 is 1.47 bits per heavy atom. The lowest BCUT2D eigenvalue weighted by Gasteiger charge is -2.23. The maximum Gasteiger partial charge on any atom is 0.107 e. The Hall–Kier alpha value is -0.870. The van der Waals surface area contributed by atoms with Crippen LogP contribution in [-0.4, -0.2) is 14.9 Å². The molecule has 4 heteroatoms. The summed E-state index contributed by atoms with van der Waals surface area (Å²) in [5.41, 5.74) is 0.955. The molecule has 0 fully saturated rings. The Kier molecular flexibility index (Phi) is 3.27. The predicted octanol–water partition coefficient (Wildman–Crippen LogP) is 3.34. The SMILES string of the molecule is CCCC(C)(O)c1c2cccc(Br)c2nn1C. The van der Waals surface area contributed by atoms with Crippen molar-refractivity contribution >= 4 is 26.8 Å². The quantitative estimate of drug-likeness (QED) is 0.943. The van der Waals surface area contributed by atoms with E-state index in [1.165, 1.54) is 0 Å². The zero-order valence-electron chi connectivity index (χ0n) is 10.4. The predicted molar refractivity (Wildman–Crippen MR) is 72.9 cm³/mol. The van der Waals surface area contributed by atoms with Crippen LogP contribution < -0.4 is 0 Å². The molecule has 1 heterocycles. The van der Waals surface area contributed by atoms with Gasteiger partial charge in [-0.1, -0.05) is 25.5 Å². The van der Waals surface area contributed by atoms with Crippen molar-refractivity contribution in [1.29, 1.82) is 0 Å².